The summed E-state index contributed by atoms with van der Waals surface area (Å²) in [7, 11) is 1.50. The summed E-state index contributed by atoms with van der Waals surface area (Å²) in [4.78, 5) is 41.5. The Hall–Kier alpha value is -4.27. The van der Waals surface area contributed by atoms with Crippen LogP contribution in [0.5, 0.6) is 5.75 Å². The van der Waals surface area contributed by atoms with E-state index in [0.29, 0.717) is 22.7 Å². The zero-order valence-electron chi connectivity index (χ0n) is 18.2. The summed E-state index contributed by atoms with van der Waals surface area (Å²) >= 11 is 0. The highest BCUT2D eigenvalue weighted by Crippen LogP contribution is 2.30. The van der Waals surface area contributed by atoms with Crippen molar-refractivity contribution in [3.63, 3.8) is 0 Å². The Labute approximate surface area is 194 Å². The first-order chi connectivity index (χ1) is 16.4. The first-order valence-electron chi connectivity index (χ1n) is 10.4. The van der Waals surface area contributed by atoms with E-state index in [0.717, 1.165) is 4.90 Å². The topological polar surface area (TPSA) is 79.0 Å². The molecule has 9 heteroatoms. The van der Waals surface area contributed by atoms with Crippen molar-refractivity contribution in [1.82, 2.24) is 4.90 Å². The molecule has 0 spiro atoms. The van der Waals surface area contributed by atoms with E-state index < -0.39 is 35.5 Å². The van der Waals surface area contributed by atoms with E-state index >= 15 is 0 Å². The molecule has 1 aliphatic heterocycles. The van der Waals surface area contributed by atoms with Crippen molar-refractivity contribution in [2.75, 3.05) is 17.3 Å². The molecule has 34 heavy (non-hydrogen) atoms. The van der Waals surface area contributed by atoms with Gasteiger partial charge in [-0.15, -0.1) is 0 Å². The summed E-state index contributed by atoms with van der Waals surface area (Å²) in [5.41, 5.74) is 1.15. The largest absolute Gasteiger partial charge is 0.497 e. The van der Waals surface area contributed by atoms with Gasteiger partial charge in [-0.1, -0.05) is 12.1 Å². The molecule has 0 unspecified atom stereocenters. The number of nitrogens with one attached hydrogen (secondary N) is 1. The van der Waals surface area contributed by atoms with Crippen LogP contribution in [0.3, 0.4) is 0 Å². The molecule has 1 atom stereocenters. The number of benzene rings is 3. The molecule has 0 aliphatic carbocycles. The molecule has 3 aromatic rings. The summed E-state index contributed by atoms with van der Waals surface area (Å²) < 4.78 is 32.0. The van der Waals surface area contributed by atoms with Crippen LogP contribution in [0.15, 0.2) is 72.8 Å². The summed E-state index contributed by atoms with van der Waals surface area (Å²) in [5, 5.41) is 2.60. The highest BCUT2D eigenvalue weighted by atomic mass is 19.1. The summed E-state index contributed by atoms with van der Waals surface area (Å²) in [6, 6.07) is 15.5. The van der Waals surface area contributed by atoms with Gasteiger partial charge in [0.15, 0.2) is 0 Å². The van der Waals surface area contributed by atoms with Crippen LogP contribution in [0.25, 0.3) is 0 Å². The first-order valence-corrected chi connectivity index (χ1v) is 10.4. The highest BCUT2D eigenvalue weighted by Gasteiger charge is 2.46. The quantitative estimate of drug-likeness (QED) is 0.527. The lowest BCUT2D eigenvalue weighted by molar-refractivity contribution is -0.124. The minimum atomic E-state index is -1.11. The van der Waals surface area contributed by atoms with Crippen molar-refractivity contribution in [2.24, 2.45) is 0 Å². The molecule has 0 bridgehead atoms. The molecule has 3 aromatic carbocycles. The monoisotopic (exact) mass is 465 g/mol. The van der Waals surface area contributed by atoms with Crippen LogP contribution in [0.2, 0.25) is 0 Å². The van der Waals surface area contributed by atoms with E-state index in [1.807, 2.05) is 0 Å². The van der Waals surface area contributed by atoms with Gasteiger partial charge in [0.1, 0.15) is 23.4 Å². The van der Waals surface area contributed by atoms with E-state index in [9.17, 15) is 23.2 Å². The van der Waals surface area contributed by atoms with E-state index in [-0.39, 0.29) is 13.0 Å². The van der Waals surface area contributed by atoms with Gasteiger partial charge < -0.3 is 15.0 Å². The van der Waals surface area contributed by atoms with Crippen molar-refractivity contribution >= 4 is 29.2 Å². The number of ether oxygens (including phenoxy) is 1. The number of carbonyl (C=O) groups is 3. The fourth-order valence-corrected chi connectivity index (χ4v) is 3.74. The maximum atomic E-state index is 13.7. The van der Waals surface area contributed by atoms with Gasteiger partial charge in [0.25, 0.3) is 5.91 Å². The number of imide groups is 1. The zero-order valence-corrected chi connectivity index (χ0v) is 18.2. The van der Waals surface area contributed by atoms with Gasteiger partial charge in [-0.2, -0.15) is 0 Å². The normalized spacial score (nSPS) is 15.6. The predicted molar refractivity (Wildman–Crippen MR) is 121 cm³/mol. The van der Waals surface area contributed by atoms with Crippen LogP contribution in [0, 0.1) is 11.6 Å². The molecule has 1 saturated heterocycles. The average molecular weight is 465 g/mol. The molecule has 1 N–H and O–H groups in total. The molecule has 0 saturated carbocycles. The second-order valence-electron chi connectivity index (χ2n) is 7.69. The molecule has 174 valence electrons. The highest BCUT2D eigenvalue weighted by molar-refractivity contribution is 6.22. The number of halogens is 2. The summed E-state index contributed by atoms with van der Waals surface area (Å²) in [6.07, 6.45) is -0.329. The maximum absolute atomic E-state index is 13.7. The Balaban J connectivity index is 1.60. The van der Waals surface area contributed by atoms with Crippen LogP contribution in [-0.4, -0.2) is 35.9 Å². The van der Waals surface area contributed by atoms with Crippen LogP contribution in [0.4, 0.5) is 25.0 Å². The Bertz CT molecular complexity index is 1220. The molecule has 4 amide bonds. The van der Waals surface area contributed by atoms with Gasteiger partial charge in [0.05, 0.1) is 19.2 Å². The molecule has 0 aromatic heterocycles. The second kappa shape index (κ2) is 9.70. The van der Waals surface area contributed by atoms with E-state index in [1.165, 1.54) is 54.5 Å². The Morgan fingerprint density at radius 2 is 1.68 bits per heavy atom. The third-order valence-corrected chi connectivity index (χ3v) is 5.40. The van der Waals surface area contributed by atoms with E-state index in [2.05, 4.69) is 5.32 Å². The SMILES string of the molecule is COc1ccc(N2C(=O)[C@H](CC(=O)Nc3ccc(F)cc3)N(Cc3cccc(F)c3)C2=O)cc1. The van der Waals surface area contributed by atoms with E-state index in [4.69, 9.17) is 4.74 Å². The lowest BCUT2D eigenvalue weighted by atomic mass is 10.1. The van der Waals surface area contributed by atoms with Crippen LogP contribution < -0.4 is 15.0 Å². The summed E-state index contributed by atoms with van der Waals surface area (Å²) in [6.45, 7) is -0.0660. The predicted octanol–water partition coefficient (Wildman–Crippen LogP) is 4.34. The van der Waals surface area contributed by atoms with Gasteiger partial charge in [-0.05, 0) is 66.2 Å². The van der Waals surface area contributed by atoms with Crippen LogP contribution in [0.1, 0.15) is 12.0 Å². The van der Waals surface area contributed by atoms with Gasteiger partial charge in [0, 0.05) is 12.2 Å². The number of rotatable bonds is 7. The molecule has 0 radical (unpaired) electrons. The second-order valence-corrected chi connectivity index (χ2v) is 7.69. The van der Waals surface area contributed by atoms with Crippen molar-refractivity contribution in [1.29, 1.82) is 0 Å². The van der Waals surface area contributed by atoms with E-state index in [1.54, 1.807) is 30.3 Å². The number of amides is 4. The van der Waals surface area contributed by atoms with Gasteiger partial charge in [-0.3, -0.25) is 9.59 Å². The van der Waals surface area contributed by atoms with Crippen molar-refractivity contribution in [3.8, 4) is 5.75 Å². The Morgan fingerprint density at radius 3 is 2.32 bits per heavy atom. The third-order valence-electron chi connectivity index (χ3n) is 5.40. The Kier molecular flexibility index (Phi) is 6.53. The number of urea groups is 1. The summed E-state index contributed by atoms with van der Waals surface area (Å²) in [5.74, 6) is -1.49. The molecular weight excluding hydrogens is 444 g/mol. The Morgan fingerprint density at radius 1 is 0.971 bits per heavy atom. The smallest absolute Gasteiger partial charge is 0.332 e. The van der Waals surface area contributed by atoms with Crippen molar-refractivity contribution in [2.45, 2.75) is 19.0 Å². The fraction of sp³-hybridized carbons (Fsp3) is 0.160. The average Bonchev–Trinajstić information content (AvgIpc) is 3.04. The third kappa shape index (κ3) is 4.88. The van der Waals surface area contributed by atoms with Crippen LogP contribution >= 0.6 is 0 Å². The number of hydrogen-bond donors (Lipinski definition) is 1. The molecule has 1 aliphatic rings. The lowest BCUT2D eigenvalue weighted by Crippen LogP contribution is -2.37. The van der Waals surface area contributed by atoms with Crippen molar-refractivity contribution < 1.29 is 27.9 Å². The molecule has 7 nitrogen and oxygen atoms in total. The molecule has 1 heterocycles. The van der Waals surface area contributed by atoms with Gasteiger partial charge >= 0.3 is 6.03 Å². The number of carbonyl (C=O) groups excluding carboxylic acids is 3. The minimum Gasteiger partial charge on any atom is -0.497 e. The standard InChI is InChI=1S/C25H21F2N3O4/c1-34-21-11-9-20(10-12-21)30-24(32)22(14-23(31)28-19-7-5-17(26)6-8-19)29(25(30)33)15-16-3-2-4-18(27)13-16/h2-13,22H,14-15H2,1H3,(H,28,31)/t22-/m0/s1. The zero-order chi connectivity index (χ0) is 24.2. The minimum absolute atomic E-state index is 0.0660. The lowest BCUT2D eigenvalue weighted by Gasteiger charge is -2.21. The number of hydrogen-bond acceptors (Lipinski definition) is 4. The van der Waals surface area contributed by atoms with Crippen LogP contribution in [-0.2, 0) is 16.1 Å². The number of nitrogens with zero attached hydrogens (tertiary/aromatic N) is 2. The molecule has 4 rings (SSSR count). The molecule has 1 fully saturated rings. The first kappa shape index (κ1) is 22.9. The van der Waals surface area contributed by atoms with Gasteiger partial charge in [0.2, 0.25) is 5.91 Å². The number of anilines is 2. The number of methoxy groups -OCH3 is 1. The van der Waals surface area contributed by atoms with Gasteiger partial charge in [-0.25, -0.2) is 18.5 Å². The molecular formula is C25H21F2N3O4. The maximum Gasteiger partial charge on any atom is 0.332 e. The van der Waals surface area contributed by atoms with Crippen molar-refractivity contribution in [3.05, 3.63) is 90.0 Å². The fourth-order valence-electron chi connectivity index (χ4n) is 3.74.